The minimum atomic E-state index is -0.245. The van der Waals surface area contributed by atoms with Crippen LogP contribution in [0.5, 0.6) is 0 Å². The smallest absolute Gasteiger partial charge is 0.127 e. The first-order chi connectivity index (χ1) is 16.1. The second-order valence-electron chi connectivity index (χ2n) is 9.79. The van der Waals surface area contributed by atoms with Crippen LogP contribution < -0.4 is 0 Å². The van der Waals surface area contributed by atoms with Crippen LogP contribution in [0.2, 0.25) is 0 Å². The van der Waals surface area contributed by atoms with E-state index >= 15 is 4.39 Å². The summed E-state index contributed by atoms with van der Waals surface area (Å²) in [6, 6.07) is 22.6. The summed E-state index contributed by atoms with van der Waals surface area (Å²) in [5.74, 6) is 0.873. The van der Waals surface area contributed by atoms with Crippen LogP contribution in [0.4, 0.5) is 8.78 Å². The van der Waals surface area contributed by atoms with E-state index in [0.29, 0.717) is 12.3 Å². The Morgan fingerprint density at radius 1 is 0.818 bits per heavy atom. The molecular formula is C31H36F2. The fraction of sp³-hybridized carbons (Fsp3) is 0.419. The molecule has 2 heteroatoms. The quantitative estimate of drug-likeness (QED) is 0.287. The zero-order chi connectivity index (χ0) is 23.0. The highest BCUT2D eigenvalue weighted by Crippen LogP contribution is 2.39. The lowest BCUT2D eigenvalue weighted by molar-refractivity contribution is 0.302. The topological polar surface area (TPSA) is 0 Å². The summed E-state index contributed by atoms with van der Waals surface area (Å²) in [6.45, 7) is 2.26. The predicted octanol–water partition coefficient (Wildman–Crippen LogP) is 9.19. The Hall–Kier alpha value is -2.48. The van der Waals surface area contributed by atoms with Gasteiger partial charge in [-0.05, 0) is 84.4 Å². The van der Waals surface area contributed by atoms with Gasteiger partial charge in [0, 0.05) is 5.92 Å². The van der Waals surface area contributed by atoms with E-state index in [-0.39, 0.29) is 17.6 Å². The number of unbranched alkanes of at least 4 members (excludes halogenated alkanes) is 2. The Kier molecular flexibility index (Phi) is 8.31. The molecule has 0 N–H and O–H groups in total. The fourth-order valence-corrected chi connectivity index (χ4v) is 5.50. The van der Waals surface area contributed by atoms with Crippen molar-refractivity contribution in [3.63, 3.8) is 0 Å². The molecule has 1 aliphatic rings. The lowest BCUT2D eigenvalue weighted by Gasteiger charge is -2.29. The van der Waals surface area contributed by atoms with E-state index in [1.165, 1.54) is 63.5 Å². The van der Waals surface area contributed by atoms with E-state index in [1.807, 2.05) is 24.3 Å². The van der Waals surface area contributed by atoms with Crippen molar-refractivity contribution in [1.29, 1.82) is 0 Å². The predicted molar refractivity (Wildman–Crippen MR) is 134 cm³/mol. The molecule has 0 saturated heterocycles. The Bertz CT molecular complexity index is 985. The average Bonchev–Trinajstić information content (AvgIpc) is 2.85. The van der Waals surface area contributed by atoms with Crippen LogP contribution in [0.25, 0.3) is 0 Å². The van der Waals surface area contributed by atoms with Crippen molar-refractivity contribution in [3.8, 4) is 0 Å². The van der Waals surface area contributed by atoms with Gasteiger partial charge in [-0.3, -0.25) is 0 Å². The van der Waals surface area contributed by atoms with Crippen molar-refractivity contribution in [2.75, 3.05) is 0 Å². The summed E-state index contributed by atoms with van der Waals surface area (Å²) in [4.78, 5) is 0. The van der Waals surface area contributed by atoms with Gasteiger partial charge in [-0.25, -0.2) is 8.78 Å². The molecule has 0 aliphatic heterocycles. The van der Waals surface area contributed by atoms with Gasteiger partial charge >= 0.3 is 0 Å². The molecule has 1 saturated carbocycles. The maximum absolute atomic E-state index is 15.5. The molecule has 1 aliphatic carbocycles. The van der Waals surface area contributed by atoms with Crippen molar-refractivity contribution >= 4 is 0 Å². The molecule has 0 heterocycles. The minimum Gasteiger partial charge on any atom is -0.207 e. The van der Waals surface area contributed by atoms with Gasteiger partial charge in [-0.15, -0.1) is 0 Å². The number of hydrogen-bond acceptors (Lipinski definition) is 0. The molecule has 1 atom stereocenters. The number of benzene rings is 3. The van der Waals surface area contributed by atoms with Crippen LogP contribution in [0.1, 0.15) is 92.4 Å². The lowest BCUT2D eigenvalue weighted by Crippen LogP contribution is -2.14. The zero-order valence-corrected chi connectivity index (χ0v) is 19.8. The lowest BCUT2D eigenvalue weighted by atomic mass is 9.76. The number of halogens is 2. The first kappa shape index (κ1) is 23.7. The molecule has 33 heavy (non-hydrogen) atoms. The van der Waals surface area contributed by atoms with Gasteiger partial charge in [-0.1, -0.05) is 87.2 Å². The Morgan fingerprint density at radius 2 is 1.55 bits per heavy atom. The van der Waals surface area contributed by atoms with Crippen LogP contribution in [0.3, 0.4) is 0 Å². The van der Waals surface area contributed by atoms with E-state index in [0.717, 1.165) is 28.2 Å². The zero-order valence-electron chi connectivity index (χ0n) is 19.8. The van der Waals surface area contributed by atoms with Crippen LogP contribution in [-0.2, 0) is 6.42 Å². The normalized spacial score (nSPS) is 19.4. The van der Waals surface area contributed by atoms with E-state index < -0.39 is 0 Å². The summed E-state index contributed by atoms with van der Waals surface area (Å²) in [6.07, 6.45) is 10.9. The van der Waals surface area contributed by atoms with Crippen LogP contribution in [0.15, 0.2) is 72.8 Å². The van der Waals surface area contributed by atoms with Crippen molar-refractivity contribution in [1.82, 2.24) is 0 Å². The summed E-state index contributed by atoms with van der Waals surface area (Å²) < 4.78 is 28.9. The van der Waals surface area contributed by atoms with Gasteiger partial charge in [-0.2, -0.15) is 0 Å². The highest BCUT2D eigenvalue weighted by Gasteiger charge is 2.24. The van der Waals surface area contributed by atoms with E-state index in [9.17, 15) is 4.39 Å². The molecule has 4 rings (SSSR count). The Balaban J connectivity index is 1.50. The molecule has 1 fully saturated rings. The van der Waals surface area contributed by atoms with Gasteiger partial charge < -0.3 is 0 Å². The maximum Gasteiger partial charge on any atom is 0.127 e. The molecule has 0 spiro atoms. The standard InChI is InChI=1S/C31H36F2/c1-2-3-5-8-23-11-15-25(16-12-23)27-17-20-29(31(33)22-27)30(26-9-6-4-7-10-26)21-24-13-18-28(32)19-14-24/h4,6-7,9-10,13-14,17-20,22-23,25,30H,2-3,5,8,11-12,15-16,21H2,1H3/t23-,25-,30?. The first-order valence-corrected chi connectivity index (χ1v) is 12.7. The van der Waals surface area contributed by atoms with Crippen molar-refractivity contribution < 1.29 is 8.78 Å². The molecule has 0 aromatic heterocycles. The number of hydrogen-bond donors (Lipinski definition) is 0. The molecule has 174 valence electrons. The van der Waals surface area contributed by atoms with Crippen LogP contribution in [0, 0.1) is 17.6 Å². The van der Waals surface area contributed by atoms with E-state index in [2.05, 4.69) is 25.1 Å². The largest absolute Gasteiger partial charge is 0.207 e. The second-order valence-corrected chi connectivity index (χ2v) is 9.79. The Morgan fingerprint density at radius 3 is 2.21 bits per heavy atom. The van der Waals surface area contributed by atoms with Gasteiger partial charge in [0.15, 0.2) is 0 Å². The summed E-state index contributed by atoms with van der Waals surface area (Å²) >= 11 is 0. The summed E-state index contributed by atoms with van der Waals surface area (Å²) in [5.41, 5.74) is 3.97. The molecule has 1 unspecified atom stereocenters. The van der Waals surface area contributed by atoms with Gasteiger partial charge in [0.05, 0.1) is 0 Å². The van der Waals surface area contributed by atoms with Gasteiger partial charge in [0.25, 0.3) is 0 Å². The fourth-order valence-electron chi connectivity index (χ4n) is 5.50. The first-order valence-electron chi connectivity index (χ1n) is 12.7. The number of rotatable bonds is 9. The maximum atomic E-state index is 15.5. The van der Waals surface area contributed by atoms with Crippen molar-refractivity contribution in [2.24, 2.45) is 5.92 Å². The third kappa shape index (κ3) is 6.31. The van der Waals surface area contributed by atoms with Gasteiger partial charge in [0.2, 0.25) is 0 Å². The highest BCUT2D eigenvalue weighted by molar-refractivity contribution is 5.38. The molecule has 0 bridgehead atoms. The third-order valence-corrected chi connectivity index (χ3v) is 7.49. The SMILES string of the molecule is CCCCC[C@H]1CC[C@H](c2ccc(C(Cc3ccc(F)cc3)c3ccccc3)c(F)c2)CC1. The third-order valence-electron chi connectivity index (χ3n) is 7.49. The molecule has 0 amide bonds. The molecule has 0 radical (unpaired) electrons. The summed E-state index contributed by atoms with van der Waals surface area (Å²) in [7, 11) is 0. The molecule has 0 nitrogen and oxygen atoms in total. The molecule has 3 aromatic rings. The molecular weight excluding hydrogens is 410 g/mol. The minimum absolute atomic E-state index is 0.0972. The highest BCUT2D eigenvalue weighted by atomic mass is 19.1. The Labute approximate surface area is 198 Å². The van der Waals surface area contributed by atoms with E-state index in [4.69, 9.17) is 0 Å². The monoisotopic (exact) mass is 446 g/mol. The summed E-state index contributed by atoms with van der Waals surface area (Å²) in [5, 5.41) is 0. The van der Waals surface area contributed by atoms with Crippen LogP contribution in [-0.4, -0.2) is 0 Å². The van der Waals surface area contributed by atoms with Gasteiger partial charge in [0.1, 0.15) is 11.6 Å². The second kappa shape index (κ2) is 11.6. The van der Waals surface area contributed by atoms with Crippen LogP contribution >= 0.6 is 0 Å². The van der Waals surface area contributed by atoms with Crippen molar-refractivity contribution in [3.05, 3.63) is 107 Å². The van der Waals surface area contributed by atoms with E-state index in [1.54, 1.807) is 18.2 Å². The molecule has 3 aromatic carbocycles. The van der Waals surface area contributed by atoms with Crippen molar-refractivity contribution in [2.45, 2.75) is 76.5 Å². The average molecular weight is 447 g/mol.